The summed E-state index contributed by atoms with van der Waals surface area (Å²) in [5, 5.41) is 3.70. The van der Waals surface area contributed by atoms with Gasteiger partial charge in [0.25, 0.3) is 0 Å². The number of aryl methyl sites for hydroxylation is 2. The minimum absolute atomic E-state index is 0.220. The first-order chi connectivity index (χ1) is 8.04. The van der Waals surface area contributed by atoms with Crippen LogP contribution in [0.15, 0.2) is 12.1 Å². The normalized spacial score (nSPS) is 12.8. The van der Waals surface area contributed by atoms with Crippen LogP contribution in [0.1, 0.15) is 30.9 Å². The smallest absolute Gasteiger partial charge is 0.127 e. The van der Waals surface area contributed by atoms with E-state index in [9.17, 15) is 4.39 Å². The van der Waals surface area contributed by atoms with E-state index in [1.54, 1.807) is 6.92 Å². The molecule has 1 unspecified atom stereocenters. The van der Waals surface area contributed by atoms with Crippen LogP contribution in [-0.2, 0) is 6.42 Å². The predicted molar refractivity (Wildman–Crippen MR) is 72.2 cm³/mol. The fourth-order valence-corrected chi connectivity index (χ4v) is 2.09. The number of hydrogen-bond donors (Lipinski definition) is 1. The summed E-state index contributed by atoms with van der Waals surface area (Å²) in [6.45, 7) is 5.05. The average Bonchev–Trinajstić information content (AvgIpc) is 2.29. The Balaban J connectivity index is 2.54. The third-order valence-electron chi connectivity index (χ3n) is 3.12. The average molecular weight is 258 g/mol. The Morgan fingerprint density at radius 2 is 2.06 bits per heavy atom. The SMILES string of the molecule is CNCCC(C)CCc1cc(C)c(F)cc1Cl. The number of hydrogen-bond acceptors (Lipinski definition) is 1. The van der Waals surface area contributed by atoms with Gasteiger partial charge < -0.3 is 5.32 Å². The van der Waals surface area contributed by atoms with Crippen molar-refractivity contribution in [3.05, 3.63) is 34.1 Å². The molecule has 1 N–H and O–H groups in total. The van der Waals surface area contributed by atoms with Crippen molar-refractivity contribution in [2.24, 2.45) is 5.92 Å². The molecule has 17 heavy (non-hydrogen) atoms. The summed E-state index contributed by atoms with van der Waals surface area (Å²) in [4.78, 5) is 0. The molecular formula is C14H21ClFN. The molecule has 0 radical (unpaired) electrons. The Morgan fingerprint density at radius 3 is 2.71 bits per heavy atom. The van der Waals surface area contributed by atoms with Crippen LogP contribution in [0.5, 0.6) is 0 Å². The molecule has 0 heterocycles. The Morgan fingerprint density at radius 1 is 1.35 bits per heavy atom. The molecule has 3 heteroatoms. The van der Waals surface area contributed by atoms with E-state index < -0.39 is 0 Å². The molecule has 0 saturated carbocycles. The molecular weight excluding hydrogens is 237 g/mol. The second-order valence-electron chi connectivity index (χ2n) is 4.73. The van der Waals surface area contributed by atoms with Crippen molar-refractivity contribution in [1.29, 1.82) is 0 Å². The maximum Gasteiger partial charge on any atom is 0.127 e. The lowest BCUT2D eigenvalue weighted by Gasteiger charge is -2.12. The van der Waals surface area contributed by atoms with Gasteiger partial charge in [-0.05, 0) is 62.9 Å². The van der Waals surface area contributed by atoms with Gasteiger partial charge in [-0.1, -0.05) is 24.6 Å². The molecule has 0 saturated heterocycles. The van der Waals surface area contributed by atoms with E-state index in [1.165, 1.54) is 6.07 Å². The maximum atomic E-state index is 13.2. The summed E-state index contributed by atoms with van der Waals surface area (Å²) in [5.41, 5.74) is 1.73. The van der Waals surface area contributed by atoms with Gasteiger partial charge in [0.05, 0.1) is 0 Å². The number of benzene rings is 1. The molecule has 1 rings (SSSR count). The van der Waals surface area contributed by atoms with E-state index in [0.717, 1.165) is 31.4 Å². The largest absolute Gasteiger partial charge is 0.320 e. The van der Waals surface area contributed by atoms with Crippen LogP contribution in [-0.4, -0.2) is 13.6 Å². The summed E-state index contributed by atoms with van der Waals surface area (Å²) < 4.78 is 13.2. The first-order valence-corrected chi connectivity index (χ1v) is 6.51. The summed E-state index contributed by atoms with van der Waals surface area (Å²) in [6.07, 6.45) is 3.17. The molecule has 0 amide bonds. The third-order valence-corrected chi connectivity index (χ3v) is 3.47. The zero-order valence-corrected chi connectivity index (χ0v) is 11.6. The second-order valence-corrected chi connectivity index (χ2v) is 5.14. The van der Waals surface area contributed by atoms with Gasteiger partial charge in [-0.2, -0.15) is 0 Å². The summed E-state index contributed by atoms with van der Waals surface area (Å²) in [6, 6.07) is 3.28. The van der Waals surface area contributed by atoms with Crippen LogP contribution < -0.4 is 5.32 Å². The molecule has 1 aromatic rings. The summed E-state index contributed by atoms with van der Waals surface area (Å²) >= 11 is 6.04. The molecule has 0 aliphatic heterocycles. The van der Waals surface area contributed by atoms with Crippen molar-refractivity contribution in [2.45, 2.75) is 33.1 Å². The van der Waals surface area contributed by atoms with Crippen molar-refractivity contribution in [3.63, 3.8) is 0 Å². The maximum absolute atomic E-state index is 13.2. The highest BCUT2D eigenvalue weighted by molar-refractivity contribution is 6.31. The molecule has 0 bridgehead atoms. The molecule has 1 aromatic carbocycles. The quantitative estimate of drug-likeness (QED) is 0.813. The lowest BCUT2D eigenvalue weighted by atomic mass is 9.97. The number of rotatable bonds is 6. The van der Waals surface area contributed by atoms with Crippen LogP contribution in [0.3, 0.4) is 0 Å². The first-order valence-electron chi connectivity index (χ1n) is 6.13. The molecule has 1 nitrogen and oxygen atoms in total. The molecule has 0 aliphatic rings. The van der Waals surface area contributed by atoms with Gasteiger partial charge in [0.15, 0.2) is 0 Å². The lowest BCUT2D eigenvalue weighted by molar-refractivity contribution is 0.481. The van der Waals surface area contributed by atoms with E-state index in [2.05, 4.69) is 12.2 Å². The summed E-state index contributed by atoms with van der Waals surface area (Å²) in [5.74, 6) is 0.436. The molecule has 96 valence electrons. The van der Waals surface area contributed by atoms with Crippen molar-refractivity contribution in [1.82, 2.24) is 5.32 Å². The van der Waals surface area contributed by atoms with Gasteiger partial charge in [-0.25, -0.2) is 4.39 Å². The minimum atomic E-state index is -0.220. The molecule has 1 atom stereocenters. The fourth-order valence-electron chi connectivity index (χ4n) is 1.85. The van der Waals surface area contributed by atoms with E-state index in [4.69, 9.17) is 11.6 Å². The van der Waals surface area contributed by atoms with Crippen molar-refractivity contribution >= 4 is 11.6 Å². The topological polar surface area (TPSA) is 12.0 Å². The highest BCUT2D eigenvalue weighted by Crippen LogP contribution is 2.23. The van der Waals surface area contributed by atoms with Crippen LogP contribution >= 0.6 is 11.6 Å². The lowest BCUT2D eigenvalue weighted by Crippen LogP contribution is -2.12. The Hall–Kier alpha value is -0.600. The number of halogens is 2. The monoisotopic (exact) mass is 257 g/mol. The van der Waals surface area contributed by atoms with Crippen molar-refractivity contribution in [2.75, 3.05) is 13.6 Å². The molecule has 0 aromatic heterocycles. The Labute approximate surface area is 108 Å². The first kappa shape index (κ1) is 14.5. The van der Waals surface area contributed by atoms with Gasteiger partial charge in [0.1, 0.15) is 5.82 Å². The van der Waals surface area contributed by atoms with E-state index >= 15 is 0 Å². The van der Waals surface area contributed by atoms with E-state index in [0.29, 0.717) is 16.5 Å². The Bertz CT molecular complexity index is 365. The molecule has 0 spiro atoms. The third kappa shape index (κ3) is 4.64. The highest BCUT2D eigenvalue weighted by atomic mass is 35.5. The molecule has 0 aliphatic carbocycles. The highest BCUT2D eigenvalue weighted by Gasteiger charge is 2.08. The van der Waals surface area contributed by atoms with Crippen LogP contribution in [0.25, 0.3) is 0 Å². The minimum Gasteiger partial charge on any atom is -0.320 e. The van der Waals surface area contributed by atoms with Gasteiger partial charge >= 0.3 is 0 Å². The van der Waals surface area contributed by atoms with Gasteiger partial charge in [0, 0.05) is 5.02 Å². The zero-order valence-electron chi connectivity index (χ0n) is 10.8. The fraction of sp³-hybridized carbons (Fsp3) is 0.571. The Kier molecular flexibility index (Phi) is 5.93. The van der Waals surface area contributed by atoms with Gasteiger partial charge in [-0.15, -0.1) is 0 Å². The van der Waals surface area contributed by atoms with Crippen molar-refractivity contribution < 1.29 is 4.39 Å². The summed E-state index contributed by atoms with van der Waals surface area (Å²) in [7, 11) is 1.97. The second kappa shape index (κ2) is 6.97. The zero-order chi connectivity index (χ0) is 12.8. The van der Waals surface area contributed by atoms with E-state index in [1.807, 2.05) is 13.1 Å². The van der Waals surface area contributed by atoms with Crippen molar-refractivity contribution in [3.8, 4) is 0 Å². The van der Waals surface area contributed by atoms with Gasteiger partial charge in [0.2, 0.25) is 0 Å². The van der Waals surface area contributed by atoms with E-state index in [-0.39, 0.29) is 5.82 Å². The predicted octanol–water partition coefficient (Wildman–Crippen LogP) is 3.97. The standard InChI is InChI=1S/C14H21ClFN/c1-10(6-7-17-3)4-5-12-8-11(2)14(16)9-13(12)15/h8-10,17H,4-7H2,1-3H3. The van der Waals surface area contributed by atoms with Gasteiger partial charge in [-0.3, -0.25) is 0 Å². The number of nitrogens with one attached hydrogen (secondary N) is 1. The van der Waals surface area contributed by atoms with Crippen LogP contribution in [0, 0.1) is 18.7 Å². The molecule has 0 fully saturated rings. The van der Waals surface area contributed by atoms with Crippen LogP contribution in [0.2, 0.25) is 5.02 Å². The van der Waals surface area contributed by atoms with Crippen LogP contribution in [0.4, 0.5) is 4.39 Å².